The predicted molar refractivity (Wildman–Crippen MR) is 108 cm³/mol. The number of hydrogen-bond acceptors (Lipinski definition) is 3. The molecule has 3 aromatic rings. The minimum Gasteiger partial charge on any atom is -0.319 e. The van der Waals surface area contributed by atoms with Gasteiger partial charge >= 0.3 is 0 Å². The topological polar surface area (TPSA) is 75.3 Å². The lowest BCUT2D eigenvalue weighted by molar-refractivity contribution is 0.102. The zero-order chi connectivity index (χ0) is 21.2. The second kappa shape index (κ2) is 8.36. The third-order valence-corrected chi connectivity index (χ3v) is 5.87. The second-order valence-corrected chi connectivity index (χ2v) is 8.33. The Morgan fingerprint density at radius 2 is 1.59 bits per heavy atom. The van der Waals surface area contributed by atoms with Gasteiger partial charge in [-0.1, -0.05) is 23.2 Å². The average molecular weight is 457 g/mol. The zero-order valence-corrected chi connectivity index (χ0v) is 16.7. The van der Waals surface area contributed by atoms with Gasteiger partial charge in [-0.15, -0.1) is 0 Å². The molecule has 0 spiro atoms. The summed E-state index contributed by atoms with van der Waals surface area (Å²) in [5.41, 5.74) is -0.0987. The van der Waals surface area contributed by atoms with E-state index in [0.29, 0.717) is 11.1 Å². The van der Waals surface area contributed by atoms with Gasteiger partial charge < -0.3 is 5.32 Å². The quantitative estimate of drug-likeness (QED) is 0.544. The van der Waals surface area contributed by atoms with Crippen molar-refractivity contribution in [3.63, 3.8) is 0 Å². The highest BCUT2D eigenvalue weighted by atomic mass is 35.5. The van der Waals surface area contributed by atoms with Gasteiger partial charge in [0.1, 0.15) is 16.5 Å². The summed E-state index contributed by atoms with van der Waals surface area (Å²) in [7, 11) is -4.13. The van der Waals surface area contributed by atoms with Crippen LogP contribution in [-0.4, -0.2) is 14.3 Å². The van der Waals surface area contributed by atoms with Crippen molar-refractivity contribution in [2.45, 2.75) is 4.90 Å². The lowest BCUT2D eigenvalue weighted by Gasteiger charge is -2.12. The molecular weight excluding hydrogens is 445 g/mol. The number of hydrogen-bond donors (Lipinski definition) is 2. The molecule has 0 aliphatic rings. The predicted octanol–water partition coefficient (Wildman–Crippen LogP) is 5.32. The molecule has 0 fully saturated rings. The first-order valence-corrected chi connectivity index (χ1v) is 10.2. The summed E-state index contributed by atoms with van der Waals surface area (Å²) >= 11 is 11.8. The van der Waals surface area contributed by atoms with Gasteiger partial charge in [0, 0.05) is 22.3 Å². The Labute approximate surface area is 175 Å². The summed E-state index contributed by atoms with van der Waals surface area (Å²) in [5.74, 6) is -2.56. The van der Waals surface area contributed by atoms with E-state index in [4.69, 9.17) is 23.2 Å². The van der Waals surface area contributed by atoms with E-state index < -0.39 is 27.6 Å². The SMILES string of the molecule is O=C(Nc1ccc(F)cc1F)c1ccc(Cl)c(S(=O)(=O)Nc2ccc(Cl)cc2)c1. The van der Waals surface area contributed by atoms with Crippen molar-refractivity contribution >= 4 is 50.5 Å². The fourth-order valence-electron chi connectivity index (χ4n) is 2.36. The van der Waals surface area contributed by atoms with E-state index in [1.165, 1.54) is 36.4 Å². The first-order chi connectivity index (χ1) is 13.7. The minimum atomic E-state index is -4.13. The van der Waals surface area contributed by atoms with Crippen molar-refractivity contribution < 1.29 is 22.0 Å². The molecule has 150 valence electrons. The van der Waals surface area contributed by atoms with Gasteiger partial charge in [0.25, 0.3) is 15.9 Å². The van der Waals surface area contributed by atoms with Crippen molar-refractivity contribution in [1.82, 2.24) is 0 Å². The van der Waals surface area contributed by atoms with Gasteiger partial charge in [-0.05, 0) is 54.6 Å². The fraction of sp³-hybridized carbons (Fsp3) is 0. The number of halogens is 4. The van der Waals surface area contributed by atoms with Crippen LogP contribution in [0.2, 0.25) is 10.0 Å². The van der Waals surface area contributed by atoms with Gasteiger partial charge in [0.2, 0.25) is 0 Å². The number of amides is 1. The van der Waals surface area contributed by atoms with E-state index in [2.05, 4.69) is 10.0 Å². The van der Waals surface area contributed by atoms with Gasteiger partial charge in [0.15, 0.2) is 0 Å². The Balaban J connectivity index is 1.88. The molecule has 0 heterocycles. The third-order valence-electron chi connectivity index (χ3n) is 3.76. The second-order valence-electron chi connectivity index (χ2n) is 5.84. The standard InChI is InChI=1S/C19H12Cl2F2N2O3S/c20-12-2-5-14(6-3-12)25-29(27,28)18-9-11(1-7-15(18)21)19(26)24-17-8-4-13(22)10-16(17)23/h1-10,25H,(H,24,26). The average Bonchev–Trinajstić information content (AvgIpc) is 2.66. The maximum Gasteiger partial charge on any atom is 0.263 e. The number of carbonyl (C=O) groups is 1. The Morgan fingerprint density at radius 1 is 0.897 bits per heavy atom. The molecule has 2 N–H and O–H groups in total. The highest BCUT2D eigenvalue weighted by molar-refractivity contribution is 7.92. The van der Waals surface area contributed by atoms with Crippen LogP contribution in [0.25, 0.3) is 0 Å². The molecule has 1 amide bonds. The molecule has 3 aromatic carbocycles. The third kappa shape index (κ3) is 5.03. The summed E-state index contributed by atoms with van der Waals surface area (Å²) in [6.45, 7) is 0. The van der Waals surface area contributed by atoms with Gasteiger partial charge in [-0.3, -0.25) is 9.52 Å². The normalized spacial score (nSPS) is 11.2. The largest absolute Gasteiger partial charge is 0.319 e. The molecule has 0 aliphatic heterocycles. The Bertz CT molecular complexity index is 1190. The first kappa shape index (κ1) is 21.0. The highest BCUT2D eigenvalue weighted by Crippen LogP contribution is 2.26. The number of anilines is 2. The molecule has 0 unspecified atom stereocenters. The zero-order valence-electron chi connectivity index (χ0n) is 14.4. The van der Waals surface area contributed by atoms with Gasteiger partial charge in [-0.2, -0.15) is 0 Å². The van der Waals surface area contributed by atoms with Crippen LogP contribution in [0, 0.1) is 11.6 Å². The maximum absolute atomic E-state index is 13.7. The van der Waals surface area contributed by atoms with Crippen molar-refractivity contribution in [3.8, 4) is 0 Å². The molecule has 0 bridgehead atoms. The molecule has 10 heteroatoms. The summed E-state index contributed by atoms with van der Waals surface area (Å²) in [6.07, 6.45) is 0. The van der Waals surface area contributed by atoms with Gasteiger partial charge in [-0.25, -0.2) is 17.2 Å². The molecule has 0 aromatic heterocycles. The van der Waals surface area contributed by atoms with Crippen molar-refractivity contribution in [2.24, 2.45) is 0 Å². The van der Waals surface area contributed by atoms with E-state index in [1.54, 1.807) is 0 Å². The van der Waals surface area contributed by atoms with Crippen molar-refractivity contribution in [3.05, 3.63) is 87.9 Å². The number of nitrogens with one attached hydrogen (secondary N) is 2. The smallest absolute Gasteiger partial charge is 0.263 e. The molecule has 0 aliphatic carbocycles. The van der Waals surface area contributed by atoms with E-state index in [1.807, 2.05) is 0 Å². The molecule has 0 saturated heterocycles. The van der Waals surface area contributed by atoms with Gasteiger partial charge in [0.05, 0.1) is 10.7 Å². The van der Waals surface area contributed by atoms with E-state index in [-0.39, 0.29) is 26.9 Å². The molecular formula is C19H12Cl2F2N2O3S. The van der Waals surface area contributed by atoms with E-state index >= 15 is 0 Å². The summed E-state index contributed by atoms with van der Waals surface area (Å²) < 4.78 is 54.4. The Morgan fingerprint density at radius 3 is 2.24 bits per heavy atom. The highest BCUT2D eigenvalue weighted by Gasteiger charge is 2.21. The van der Waals surface area contributed by atoms with Crippen LogP contribution in [0.3, 0.4) is 0 Å². The van der Waals surface area contributed by atoms with E-state index in [0.717, 1.165) is 18.2 Å². The summed E-state index contributed by atoms with van der Waals surface area (Å²) in [4.78, 5) is 12.0. The van der Waals surface area contributed by atoms with Crippen LogP contribution in [0.5, 0.6) is 0 Å². The molecule has 29 heavy (non-hydrogen) atoms. The molecule has 0 radical (unpaired) electrons. The van der Waals surface area contributed by atoms with Crippen molar-refractivity contribution in [2.75, 3.05) is 10.0 Å². The lowest BCUT2D eigenvalue weighted by Crippen LogP contribution is -2.17. The maximum atomic E-state index is 13.7. The Kier molecular flexibility index (Phi) is 6.07. The number of sulfonamides is 1. The summed E-state index contributed by atoms with van der Waals surface area (Å²) in [6, 6.07) is 12.1. The van der Waals surface area contributed by atoms with Crippen LogP contribution < -0.4 is 10.0 Å². The minimum absolute atomic E-state index is 0.0883. The molecule has 0 saturated carbocycles. The molecule has 0 atom stereocenters. The first-order valence-electron chi connectivity index (χ1n) is 8.00. The Hall–Kier alpha value is -2.68. The number of carbonyl (C=O) groups excluding carboxylic acids is 1. The van der Waals surface area contributed by atoms with Crippen LogP contribution in [0.15, 0.2) is 65.6 Å². The lowest BCUT2D eigenvalue weighted by atomic mass is 10.2. The number of benzene rings is 3. The molecule has 3 rings (SSSR count). The number of rotatable bonds is 5. The fourth-order valence-corrected chi connectivity index (χ4v) is 4.08. The van der Waals surface area contributed by atoms with Crippen LogP contribution in [0.4, 0.5) is 20.2 Å². The summed E-state index contributed by atoms with van der Waals surface area (Å²) in [5, 5.41) is 2.57. The van der Waals surface area contributed by atoms with Crippen LogP contribution in [-0.2, 0) is 10.0 Å². The van der Waals surface area contributed by atoms with Crippen molar-refractivity contribution in [1.29, 1.82) is 0 Å². The van der Waals surface area contributed by atoms with Crippen LogP contribution >= 0.6 is 23.2 Å². The van der Waals surface area contributed by atoms with E-state index in [9.17, 15) is 22.0 Å². The monoisotopic (exact) mass is 456 g/mol. The van der Waals surface area contributed by atoms with Crippen LogP contribution in [0.1, 0.15) is 10.4 Å². The molecule has 5 nitrogen and oxygen atoms in total.